The fraction of sp³-hybridized carbons (Fsp3) is 0.550. The minimum atomic E-state index is 1.09. The van der Waals surface area contributed by atoms with Crippen molar-refractivity contribution in [2.24, 2.45) is 0 Å². The van der Waals surface area contributed by atoms with Gasteiger partial charge in [0.2, 0.25) is 0 Å². The van der Waals surface area contributed by atoms with Crippen LogP contribution in [0.2, 0.25) is 0 Å². The number of anilines is 1. The van der Waals surface area contributed by atoms with Gasteiger partial charge in [-0.2, -0.15) is 0 Å². The molecule has 1 saturated heterocycles. The molecule has 4 heterocycles. The van der Waals surface area contributed by atoms with Crippen molar-refractivity contribution in [2.45, 2.75) is 58.3 Å². The minimum absolute atomic E-state index is 1.09. The predicted octanol–water partition coefficient (Wildman–Crippen LogP) is 4.67. The molecular formula is C20H24N4S. The molecule has 5 heteroatoms. The Morgan fingerprint density at radius 1 is 1.04 bits per heavy atom. The highest BCUT2D eigenvalue weighted by Gasteiger charge is 2.25. The molecule has 0 spiro atoms. The Balaban J connectivity index is 1.76. The minimum Gasteiger partial charge on any atom is -0.355 e. The molecular weight excluding hydrogens is 328 g/mol. The summed E-state index contributed by atoms with van der Waals surface area (Å²) in [5.74, 6) is 1.14. The second kappa shape index (κ2) is 6.20. The normalized spacial score (nSPS) is 17.6. The average molecular weight is 353 g/mol. The molecule has 0 unspecified atom stereocenters. The number of rotatable bonds is 3. The number of thiophene rings is 1. The van der Waals surface area contributed by atoms with Crippen LogP contribution in [-0.2, 0) is 19.3 Å². The van der Waals surface area contributed by atoms with E-state index < -0.39 is 0 Å². The Hall–Kier alpha value is -1.75. The first-order valence-electron chi connectivity index (χ1n) is 9.69. The summed E-state index contributed by atoms with van der Waals surface area (Å²) in [5, 5.41) is 1.33. The summed E-state index contributed by atoms with van der Waals surface area (Å²) in [6, 6.07) is 0. The van der Waals surface area contributed by atoms with Crippen molar-refractivity contribution >= 4 is 37.6 Å². The lowest BCUT2D eigenvalue weighted by Crippen LogP contribution is -2.30. The molecule has 0 saturated carbocycles. The zero-order valence-electron chi connectivity index (χ0n) is 14.8. The number of hydrogen-bond donors (Lipinski definition) is 0. The van der Waals surface area contributed by atoms with Gasteiger partial charge < -0.3 is 4.90 Å². The van der Waals surface area contributed by atoms with Crippen molar-refractivity contribution in [1.82, 2.24) is 15.0 Å². The molecule has 0 aromatic carbocycles. The number of aryl methyl sites for hydroxylation is 2. The molecule has 1 aliphatic carbocycles. The van der Waals surface area contributed by atoms with Crippen LogP contribution in [-0.4, -0.2) is 28.0 Å². The topological polar surface area (TPSA) is 41.9 Å². The van der Waals surface area contributed by atoms with Crippen LogP contribution >= 0.6 is 11.3 Å². The van der Waals surface area contributed by atoms with Crippen molar-refractivity contribution in [3.8, 4) is 0 Å². The van der Waals surface area contributed by atoms with Gasteiger partial charge in [0.25, 0.3) is 0 Å². The van der Waals surface area contributed by atoms with Crippen LogP contribution in [0.15, 0.2) is 6.33 Å². The van der Waals surface area contributed by atoms with Crippen LogP contribution in [0.1, 0.15) is 55.8 Å². The first kappa shape index (κ1) is 15.5. The van der Waals surface area contributed by atoms with E-state index >= 15 is 0 Å². The molecule has 0 amide bonds. The molecule has 2 aliphatic rings. The first-order valence-corrected chi connectivity index (χ1v) is 10.5. The van der Waals surface area contributed by atoms with E-state index in [1.807, 2.05) is 11.3 Å². The molecule has 0 atom stereocenters. The van der Waals surface area contributed by atoms with Crippen LogP contribution < -0.4 is 4.90 Å². The number of nitrogens with zero attached hydrogens (tertiary/aromatic N) is 4. The summed E-state index contributed by atoms with van der Waals surface area (Å²) in [6.07, 6.45) is 11.5. The van der Waals surface area contributed by atoms with E-state index in [0.717, 1.165) is 37.3 Å². The average Bonchev–Trinajstić information content (AvgIpc) is 3.26. The Morgan fingerprint density at radius 3 is 2.72 bits per heavy atom. The molecule has 0 radical (unpaired) electrons. The van der Waals surface area contributed by atoms with E-state index in [-0.39, 0.29) is 0 Å². The lowest BCUT2D eigenvalue weighted by Gasteiger charge is -2.27. The smallest absolute Gasteiger partial charge is 0.150 e. The highest BCUT2D eigenvalue weighted by molar-refractivity contribution is 7.26. The van der Waals surface area contributed by atoms with Gasteiger partial charge in [0.05, 0.1) is 10.2 Å². The van der Waals surface area contributed by atoms with Crippen LogP contribution in [0.4, 0.5) is 5.82 Å². The van der Waals surface area contributed by atoms with E-state index in [1.165, 1.54) is 70.3 Å². The lowest BCUT2D eigenvalue weighted by molar-refractivity contribution is 0.575. The van der Waals surface area contributed by atoms with Gasteiger partial charge in [-0.15, -0.1) is 11.3 Å². The molecule has 3 aromatic rings. The maximum Gasteiger partial charge on any atom is 0.150 e. The number of fused-ring (bicyclic) bond motifs is 5. The zero-order valence-corrected chi connectivity index (χ0v) is 15.7. The second-order valence-electron chi connectivity index (χ2n) is 7.32. The van der Waals surface area contributed by atoms with Crippen LogP contribution in [0, 0.1) is 0 Å². The number of pyridine rings is 1. The van der Waals surface area contributed by atoms with Gasteiger partial charge in [0.1, 0.15) is 17.0 Å². The van der Waals surface area contributed by atoms with Gasteiger partial charge >= 0.3 is 0 Å². The lowest BCUT2D eigenvalue weighted by atomic mass is 10.0. The van der Waals surface area contributed by atoms with E-state index in [0.29, 0.717) is 0 Å². The van der Waals surface area contributed by atoms with E-state index in [2.05, 4.69) is 16.8 Å². The monoisotopic (exact) mass is 352 g/mol. The zero-order chi connectivity index (χ0) is 16.8. The standard InChI is InChI=1S/C20H24N4S/c1-2-7-15-13-8-6-9-14(13)16-17-18(25-20(16)23-15)19(22-12-21-17)24-10-4-3-5-11-24/h12H,2-11H2,1H3. The summed E-state index contributed by atoms with van der Waals surface area (Å²) >= 11 is 1.81. The number of hydrogen-bond acceptors (Lipinski definition) is 5. The summed E-state index contributed by atoms with van der Waals surface area (Å²) in [5.41, 5.74) is 5.53. The third-order valence-corrected chi connectivity index (χ3v) is 6.75. The molecule has 1 aliphatic heterocycles. The van der Waals surface area contributed by atoms with Gasteiger partial charge in [-0.1, -0.05) is 13.3 Å². The SMILES string of the molecule is CCCc1nc2sc3c(N4CCCCC4)ncnc3c2c2c1CCC2. The maximum atomic E-state index is 5.09. The Bertz CT molecular complexity index is 940. The number of aromatic nitrogens is 3. The van der Waals surface area contributed by atoms with Crippen molar-refractivity contribution in [2.75, 3.05) is 18.0 Å². The quantitative estimate of drug-likeness (QED) is 0.687. The summed E-state index contributed by atoms with van der Waals surface area (Å²) in [7, 11) is 0. The van der Waals surface area contributed by atoms with Gasteiger partial charge in [0, 0.05) is 24.2 Å². The Labute approximate surface area is 152 Å². The van der Waals surface area contributed by atoms with Gasteiger partial charge in [-0.05, 0) is 56.1 Å². The van der Waals surface area contributed by atoms with Gasteiger partial charge in [0.15, 0.2) is 0 Å². The van der Waals surface area contributed by atoms with Crippen molar-refractivity contribution < 1.29 is 0 Å². The van der Waals surface area contributed by atoms with E-state index in [4.69, 9.17) is 9.97 Å². The summed E-state index contributed by atoms with van der Waals surface area (Å²) < 4.78 is 1.25. The van der Waals surface area contributed by atoms with Crippen molar-refractivity contribution in [3.05, 3.63) is 23.1 Å². The third kappa shape index (κ3) is 2.43. The van der Waals surface area contributed by atoms with Gasteiger partial charge in [-0.25, -0.2) is 15.0 Å². The molecule has 5 rings (SSSR count). The number of piperidine rings is 1. The van der Waals surface area contributed by atoms with Crippen LogP contribution in [0.25, 0.3) is 20.4 Å². The molecule has 130 valence electrons. The highest BCUT2D eigenvalue weighted by Crippen LogP contribution is 2.42. The molecule has 1 fully saturated rings. The molecule has 0 bridgehead atoms. The van der Waals surface area contributed by atoms with E-state index in [1.54, 1.807) is 6.33 Å². The van der Waals surface area contributed by atoms with Crippen LogP contribution in [0.5, 0.6) is 0 Å². The first-order chi connectivity index (χ1) is 12.4. The molecule has 4 nitrogen and oxygen atoms in total. The van der Waals surface area contributed by atoms with Crippen molar-refractivity contribution in [1.29, 1.82) is 0 Å². The summed E-state index contributed by atoms with van der Waals surface area (Å²) in [6.45, 7) is 4.48. The van der Waals surface area contributed by atoms with Gasteiger partial charge in [-0.3, -0.25) is 0 Å². The fourth-order valence-corrected chi connectivity index (χ4v) is 5.73. The molecule has 0 N–H and O–H groups in total. The Kier molecular flexibility index (Phi) is 3.85. The van der Waals surface area contributed by atoms with Crippen LogP contribution in [0.3, 0.4) is 0 Å². The highest BCUT2D eigenvalue weighted by atomic mass is 32.1. The van der Waals surface area contributed by atoms with Crippen molar-refractivity contribution in [3.63, 3.8) is 0 Å². The molecule has 25 heavy (non-hydrogen) atoms. The Morgan fingerprint density at radius 2 is 1.88 bits per heavy atom. The fourth-order valence-electron chi connectivity index (χ4n) is 4.54. The second-order valence-corrected chi connectivity index (χ2v) is 8.32. The summed E-state index contributed by atoms with van der Waals surface area (Å²) in [4.78, 5) is 18.1. The van der Waals surface area contributed by atoms with E-state index in [9.17, 15) is 0 Å². The maximum absolute atomic E-state index is 5.09. The largest absolute Gasteiger partial charge is 0.355 e. The third-order valence-electron chi connectivity index (χ3n) is 5.68. The molecule has 3 aromatic heterocycles. The predicted molar refractivity (Wildman–Crippen MR) is 105 cm³/mol.